The van der Waals surface area contributed by atoms with E-state index in [1.807, 2.05) is 18.7 Å². The highest BCUT2D eigenvalue weighted by atomic mass is 16.5. The van der Waals surface area contributed by atoms with Gasteiger partial charge in [-0.1, -0.05) is 20.3 Å². The number of fused-ring (bicyclic) bond motifs is 1. The first kappa shape index (κ1) is 21.1. The summed E-state index contributed by atoms with van der Waals surface area (Å²) >= 11 is 0. The van der Waals surface area contributed by atoms with Gasteiger partial charge in [0.25, 0.3) is 5.91 Å². The summed E-state index contributed by atoms with van der Waals surface area (Å²) in [7, 11) is 0. The zero-order chi connectivity index (χ0) is 20.8. The van der Waals surface area contributed by atoms with E-state index in [9.17, 15) is 14.4 Å². The van der Waals surface area contributed by atoms with Crippen LogP contribution in [0.4, 0.5) is 11.4 Å². The number of nitrogens with one attached hydrogen (secondary N) is 1. The number of hydrogen-bond acceptors (Lipinski definition) is 4. The van der Waals surface area contributed by atoms with Gasteiger partial charge >= 0.3 is 0 Å². The van der Waals surface area contributed by atoms with E-state index in [1.54, 1.807) is 18.2 Å². The summed E-state index contributed by atoms with van der Waals surface area (Å²) < 4.78 is 5.85. The molecule has 1 saturated heterocycles. The van der Waals surface area contributed by atoms with Crippen molar-refractivity contribution in [2.45, 2.75) is 64.9 Å². The Bertz CT molecular complexity index is 758. The Labute approximate surface area is 172 Å². The van der Waals surface area contributed by atoms with E-state index >= 15 is 0 Å². The lowest BCUT2D eigenvalue weighted by atomic mass is 10.1. The second kappa shape index (κ2) is 9.76. The van der Waals surface area contributed by atoms with Gasteiger partial charge in [-0.05, 0) is 50.3 Å². The van der Waals surface area contributed by atoms with Gasteiger partial charge in [-0.15, -0.1) is 0 Å². The van der Waals surface area contributed by atoms with E-state index in [0.717, 1.165) is 45.2 Å². The molecule has 1 aromatic carbocycles. The van der Waals surface area contributed by atoms with Crippen molar-refractivity contribution in [3.63, 3.8) is 0 Å². The highest BCUT2D eigenvalue weighted by Gasteiger charge is 2.35. The maximum Gasteiger partial charge on any atom is 0.268 e. The number of anilines is 2. The van der Waals surface area contributed by atoms with Gasteiger partial charge in [0.15, 0.2) is 6.10 Å². The minimum Gasteiger partial charge on any atom is -0.478 e. The Balaban J connectivity index is 1.81. The first-order valence-electron chi connectivity index (χ1n) is 10.7. The average Bonchev–Trinajstić information content (AvgIpc) is 2.74. The second-order valence-electron chi connectivity index (χ2n) is 7.71. The van der Waals surface area contributed by atoms with E-state index in [-0.39, 0.29) is 24.3 Å². The molecule has 158 valence electrons. The number of ether oxygens (including phenoxy) is 1. The van der Waals surface area contributed by atoms with Crippen LogP contribution in [0.1, 0.15) is 58.8 Å². The molecule has 3 amide bonds. The molecular weight excluding hydrogens is 370 g/mol. The maximum atomic E-state index is 13.0. The summed E-state index contributed by atoms with van der Waals surface area (Å²) in [4.78, 5) is 41.2. The first-order valence-corrected chi connectivity index (χ1v) is 10.7. The first-order chi connectivity index (χ1) is 14.0. The van der Waals surface area contributed by atoms with Gasteiger partial charge in [-0.2, -0.15) is 0 Å². The van der Waals surface area contributed by atoms with Gasteiger partial charge in [0.05, 0.1) is 5.69 Å². The van der Waals surface area contributed by atoms with E-state index in [2.05, 4.69) is 5.32 Å². The van der Waals surface area contributed by atoms with Crippen molar-refractivity contribution in [1.82, 2.24) is 4.90 Å². The molecule has 1 unspecified atom stereocenters. The van der Waals surface area contributed by atoms with Crippen LogP contribution in [0.2, 0.25) is 0 Å². The topological polar surface area (TPSA) is 79.0 Å². The van der Waals surface area contributed by atoms with Gasteiger partial charge in [0.1, 0.15) is 12.3 Å². The molecule has 0 spiro atoms. The van der Waals surface area contributed by atoms with Crippen molar-refractivity contribution in [3.8, 4) is 5.75 Å². The monoisotopic (exact) mass is 401 g/mol. The fourth-order valence-electron chi connectivity index (χ4n) is 3.76. The van der Waals surface area contributed by atoms with Crippen LogP contribution in [0, 0.1) is 0 Å². The molecule has 2 aliphatic rings. The zero-order valence-electron chi connectivity index (χ0n) is 17.4. The normalized spacial score (nSPS) is 18.8. The smallest absolute Gasteiger partial charge is 0.268 e. The van der Waals surface area contributed by atoms with Crippen molar-refractivity contribution in [3.05, 3.63) is 18.2 Å². The Morgan fingerprint density at radius 2 is 1.93 bits per heavy atom. The van der Waals surface area contributed by atoms with Gasteiger partial charge in [0, 0.05) is 25.2 Å². The largest absolute Gasteiger partial charge is 0.478 e. The van der Waals surface area contributed by atoms with Crippen LogP contribution in [0.25, 0.3) is 0 Å². The lowest BCUT2D eigenvalue weighted by Gasteiger charge is -2.36. The van der Waals surface area contributed by atoms with Crippen molar-refractivity contribution < 1.29 is 19.1 Å². The third-order valence-corrected chi connectivity index (χ3v) is 5.47. The van der Waals surface area contributed by atoms with Crippen molar-refractivity contribution >= 4 is 29.1 Å². The third kappa shape index (κ3) is 5.08. The van der Waals surface area contributed by atoms with Crippen LogP contribution >= 0.6 is 0 Å². The predicted molar refractivity (Wildman–Crippen MR) is 112 cm³/mol. The Hall–Kier alpha value is -2.57. The highest BCUT2D eigenvalue weighted by Crippen LogP contribution is 2.37. The van der Waals surface area contributed by atoms with E-state index in [0.29, 0.717) is 30.0 Å². The molecule has 1 atom stereocenters. The van der Waals surface area contributed by atoms with Gasteiger partial charge in [-0.3, -0.25) is 19.3 Å². The minimum atomic E-state index is -0.596. The van der Waals surface area contributed by atoms with Crippen LogP contribution in [0.3, 0.4) is 0 Å². The van der Waals surface area contributed by atoms with Crippen molar-refractivity contribution in [1.29, 1.82) is 0 Å². The summed E-state index contributed by atoms with van der Waals surface area (Å²) in [5, 5.41) is 2.88. The highest BCUT2D eigenvalue weighted by molar-refractivity contribution is 6.04. The number of carbonyl (C=O) groups excluding carboxylic acids is 3. The lowest BCUT2D eigenvalue weighted by Crippen LogP contribution is -2.51. The SMILES string of the molecule is CCCCC(=O)Nc1ccc2c(c1)N(CC(=O)N1CCCCC1)C(=O)C(CC)O2. The molecule has 1 aromatic rings. The molecule has 2 aliphatic heterocycles. The fourth-order valence-corrected chi connectivity index (χ4v) is 3.76. The summed E-state index contributed by atoms with van der Waals surface area (Å²) in [6.07, 6.45) is 5.32. The van der Waals surface area contributed by atoms with Crippen LogP contribution in [-0.4, -0.2) is 48.4 Å². The second-order valence-corrected chi connectivity index (χ2v) is 7.71. The molecule has 7 heteroatoms. The van der Waals surface area contributed by atoms with E-state index < -0.39 is 6.10 Å². The zero-order valence-corrected chi connectivity index (χ0v) is 17.4. The third-order valence-electron chi connectivity index (χ3n) is 5.47. The number of carbonyl (C=O) groups is 3. The standard InChI is InChI=1S/C22H31N3O4/c1-3-5-9-20(26)23-16-10-11-19-17(14-16)25(22(28)18(4-2)29-19)15-21(27)24-12-7-6-8-13-24/h10-11,14,18H,3-9,12-13,15H2,1-2H3,(H,23,26). The molecule has 0 aliphatic carbocycles. The molecule has 1 N–H and O–H groups in total. The molecule has 0 bridgehead atoms. The van der Waals surface area contributed by atoms with Crippen molar-refractivity contribution in [2.24, 2.45) is 0 Å². The van der Waals surface area contributed by atoms with Crippen LogP contribution in [0.15, 0.2) is 18.2 Å². The molecule has 7 nitrogen and oxygen atoms in total. The number of rotatable bonds is 7. The van der Waals surface area contributed by atoms with Crippen LogP contribution < -0.4 is 15.0 Å². The molecule has 0 saturated carbocycles. The number of nitrogens with zero attached hydrogens (tertiary/aromatic N) is 2. The molecule has 1 fully saturated rings. The molecular formula is C22H31N3O4. The number of piperidine rings is 1. The van der Waals surface area contributed by atoms with E-state index in [1.165, 1.54) is 4.90 Å². The quantitative estimate of drug-likeness (QED) is 0.760. The minimum absolute atomic E-state index is 0.00106. The molecule has 0 aromatic heterocycles. The van der Waals surface area contributed by atoms with Gasteiger partial charge in [0.2, 0.25) is 11.8 Å². The van der Waals surface area contributed by atoms with Crippen LogP contribution in [-0.2, 0) is 14.4 Å². The Kier molecular flexibility index (Phi) is 7.12. The predicted octanol–water partition coefficient (Wildman–Crippen LogP) is 3.33. The lowest BCUT2D eigenvalue weighted by molar-refractivity contribution is -0.134. The van der Waals surface area contributed by atoms with Crippen LogP contribution in [0.5, 0.6) is 5.75 Å². The van der Waals surface area contributed by atoms with Gasteiger partial charge in [-0.25, -0.2) is 0 Å². The summed E-state index contributed by atoms with van der Waals surface area (Å²) in [5.41, 5.74) is 1.14. The number of benzene rings is 1. The number of unbranched alkanes of at least 4 members (excludes halogenated alkanes) is 1. The van der Waals surface area contributed by atoms with Gasteiger partial charge < -0.3 is 15.0 Å². The van der Waals surface area contributed by atoms with E-state index in [4.69, 9.17) is 4.74 Å². The molecule has 2 heterocycles. The Morgan fingerprint density at radius 1 is 1.17 bits per heavy atom. The summed E-state index contributed by atoms with van der Waals surface area (Å²) in [6.45, 7) is 5.42. The summed E-state index contributed by atoms with van der Waals surface area (Å²) in [5.74, 6) is 0.254. The Morgan fingerprint density at radius 3 is 2.62 bits per heavy atom. The fraction of sp³-hybridized carbons (Fsp3) is 0.591. The molecule has 3 rings (SSSR count). The average molecular weight is 402 g/mol. The van der Waals surface area contributed by atoms with Crippen molar-refractivity contribution in [2.75, 3.05) is 29.9 Å². The maximum absolute atomic E-state index is 13.0. The molecule has 0 radical (unpaired) electrons. The molecule has 29 heavy (non-hydrogen) atoms. The summed E-state index contributed by atoms with van der Waals surface area (Å²) in [6, 6.07) is 5.26. The number of hydrogen-bond donors (Lipinski definition) is 1. The number of amides is 3. The number of likely N-dealkylation sites (tertiary alicyclic amines) is 1.